The van der Waals surface area contributed by atoms with Crippen molar-refractivity contribution in [2.45, 2.75) is 46.1 Å². The number of hydrogen-bond donors (Lipinski definition) is 1. The molecule has 2 rings (SSSR count). The standard InChI is InChI=1S/C12H21N3/c1-4-13-12-7-11(10-5-6-10)14-15(12)8-9(2)3/h7,9-10,13H,4-6,8H2,1-3H3. The Morgan fingerprint density at radius 1 is 1.53 bits per heavy atom. The van der Waals surface area contributed by atoms with E-state index in [-0.39, 0.29) is 0 Å². The third kappa shape index (κ3) is 2.52. The highest BCUT2D eigenvalue weighted by molar-refractivity contribution is 5.39. The summed E-state index contributed by atoms with van der Waals surface area (Å²) >= 11 is 0. The summed E-state index contributed by atoms with van der Waals surface area (Å²) in [6.45, 7) is 8.56. The predicted octanol–water partition coefficient (Wildman–Crippen LogP) is 2.85. The maximum atomic E-state index is 4.69. The zero-order chi connectivity index (χ0) is 10.8. The van der Waals surface area contributed by atoms with Gasteiger partial charge in [0.25, 0.3) is 0 Å². The first kappa shape index (κ1) is 10.5. The Bertz CT molecular complexity index is 324. The average Bonchev–Trinajstić information content (AvgIpc) is 2.92. The average molecular weight is 207 g/mol. The van der Waals surface area contributed by atoms with Crippen LogP contribution in [-0.2, 0) is 6.54 Å². The third-order valence-corrected chi connectivity index (χ3v) is 2.69. The van der Waals surface area contributed by atoms with Crippen LogP contribution in [-0.4, -0.2) is 16.3 Å². The van der Waals surface area contributed by atoms with E-state index >= 15 is 0 Å². The van der Waals surface area contributed by atoms with Gasteiger partial charge >= 0.3 is 0 Å². The van der Waals surface area contributed by atoms with E-state index in [2.05, 4.69) is 41.9 Å². The lowest BCUT2D eigenvalue weighted by molar-refractivity contribution is 0.483. The first-order chi connectivity index (χ1) is 7.20. The molecule has 0 amide bonds. The van der Waals surface area contributed by atoms with Crippen LogP contribution >= 0.6 is 0 Å². The number of nitrogens with zero attached hydrogens (tertiary/aromatic N) is 2. The molecule has 1 N–H and O–H groups in total. The smallest absolute Gasteiger partial charge is 0.124 e. The molecule has 0 atom stereocenters. The topological polar surface area (TPSA) is 29.9 Å². The van der Waals surface area contributed by atoms with Crippen LogP contribution in [0.4, 0.5) is 5.82 Å². The van der Waals surface area contributed by atoms with Crippen molar-refractivity contribution < 1.29 is 0 Å². The molecule has 15 heavy (non-hydrogen) atoms. The molecule has 1 aliphatic carbocycles. The van der Waals surface area contributed by atoms with Crippen molar-refractivity contribution in [3.63, 3.8) is 0 Å². The summed E-state index contributed by atoms with van der Waals surface area (Å²) in [6.07, 6.45) is 2.65. The Labute approximate surface area is 91.9 Å². The van der Waals surface area contributed by atoms with Crippen molar-refractivity contribution in [3.8, 4) is 0 Å². The van der Waals surface area contributed by atoms with Crippen molar-refractivity contribution in [2.75, 3.05) is 11.9 Å². The molecule has 1 heterocycles. The maximum absolute atomic E-state index is 4.69. The van der Waals surface area contributed by atoms with Gasteiger partial charge < -0.3 is 5.32 Å². The van der Waals surface area contributed by atoms with E-state index in [0.717, 1.165) is 19.0 Å². The molecular formula is C12H21N3. The second-order valence-corrected chi connectivity index (χ2v) is 4.84. The van der Waals surface area contributed by atoms with Gasteiger partial charge in [-0.1, -0.05) is 13.8 Å². The molecule has 3 heteroatoms. The molecule has 0 unspecified atom stereocenters. The predicted molar refractivity (Wildman–Crippen MR) is 63.2 cm³/mol. The van der Waals surface area contributed by atoms with Crippen molar-refractivity contribution in [1.29, 1.82) is 0 Å². The summed E-state index contributed by atoms with van der Waals surface area (Å²) in [5.41, 5.74) is 1.28. The van der Waals surface area contributed by atoms with Crippen molar-refractivity contribution in [1.82, 2.24) is 9.78 Å². The molecule has 0 aliphatic heterocycles. The minimum absolute atomic E-state index is 0.648. The highest BCUT2D eigenvalue weighted by atomic mass is 15.3. The van der Waals surface area contributed by atoms with E-state index in [1.54, 1.807) is 0 Å². The molecule has 1 fully saturated rings. The summed E-state index contributed by atoms with van der Waals surface area (Å²) in [7, 11) is 0. The minimum atomic E-state index is 0.648. The number of nitrogens with one attached hydrogen (secondary N) is 1. The second kappa shape index (κ2) is 4.25. The van der Waals surface area contributed by atoms with Crippen molar-refractivity contribution in [3.05, 3.63) is 11.8 Å². The highest BCUT2D eigenvalue weighted by Gasteiger charge is 2.27. The molecule has 84 valence electrons. The van der Waals surface area contributed by atoms with E-state index in [1.807, 2.05) is 0 Å². The Morgan fingerprint density at radius 3 is 2.80 bits per heavy atom. The van der Waals surface area contributed by atoms with Crippen LogP contribution in [0, 0.1) is 5.92 Å². The molecule has 1 saturated carbocycles. The summed E-state index contributed by atoms with van der Waals surface area (Å²) in [4.78, 5) is 0. The fraction of sp³-hybridized carbons (Fsp3) is 0.750. The summed E-state index contributed by atoms with van der Waals surface area (Å²) in [5.74, 6) is 2.58. The molecule has 0 radical (unpaired) electrons. The van der Waals surface area contributed by atoms with Crippen molar-refractivity contribution >= 4 is 5.82 Å². The van der Waals surface area contributed by atoms with E-state index in [9.17, 15) is 0 Å². The van der Waals surface area contributed by atoms with Crippen LogP contribution in [0.5, 0.6) is 0 Å². The number of aromatic nitrogens is 2. The van der Waals surface area contributed by atoms with Crippen LogP contribution in [0.2, 0.25) is 0 Å². The monoisotopic (exact) mass is 207 g/mol. The second-order valence-electron chi connectivity index (χ2n) is 4.84. The number of hydrogen-bond acceptors (Lipinski definition) is 2. The molecular weight excluding hydrogens is 186 g/mol. The minimum Gasteiger partial charge on any atom is -0.371 e. The van der Waals surface area contributed by atoms with Gasteiger partial charge in [-0.25, -0.2) is 4.68 Å². The Balaban J connectivity index is 2.16. The van der Waals surface area contributed by atoms with Crippen LogP contribution in [0.25, 0.3) is 0 Å². The number of anilines is 1. The lowest BCUT2D eigenvalue weighted by atomic mass is 10.2. The van der Waals surface area contributed by atoms with Crippen LogP contribution in [0.1, 0.15) is 45.2 Å². The maximum Gasteiger partial charge on any atom is 0.124 e. The first-order valence-electron chi connectivity index (χ1n) is 6.02. The van der Waals surface area contributed by atoms with E-state index < -0.39 is 0 Å². The quantitative estimate of drug-likeness (QED) is 0.804. The largest absolute Gasteiger partial charge is 0.371 e. The lowest BCUT2D eigenvalue weighted by Crippen LogP contribution is -2.11. The summed E-state index contributed by atoms with van der Waals surface area (Å²) < 4.78 is 2.13. The molecule has 0 bridgehead atoms. The molecule has 0 saturated heterocycles. The van der Waals surface area contributed by atoms with Crippen LogP contribution in [0.3, 0.4) is 0 Å². The van der Waals surface area contributed by atoms with Gasteiger partial charge in [-0.15, -0.1) is 0 Å². The van der Waals surface area contributed by atoms with Crippen LogP contribution < -0.4 is 5.32 Å². The molecule has 0 aromatic carbocycles. The van der Waals surface area contributed by atoms with E-state index in [1.165, 1.54) is 24.4 Å². The zero-order valence-electron chi connectivity index (χ0n) is 9.95. The fourth-order valence-corrected chi connectivity index (χ4v) is 1.82. The molecule has 1 aliphatic rings. The van der Waals surface area contributed by atoms with Gasteiger partial charge in [0.05, 0.1) is 5.69 Å². The molecule has 3 nitrogen and oxygen atoms in total. The first-order valence-corrected chi connectivity index (χ1v) is 6.02. The van der Waals surface area contributed by atoms with E-state index in [0.29, 0.717) is 5.92 Å². The van der Waals surface area contributed by atoms with Gasteiger partial charge in [0.2, 0.25) is 0 Å². The van der Waals surface area contributed by atoms with Gasteiger partial charge in [0.1, 0.15) is 5.82 Å². The number of rotatable bonds is 5. The van der Waals surface area contributed by atoms with Gasteiger partial charge in [-0.3, -0.25) is 0 Å². The normalized spacial score (nSPS) is 16.0. The third-order valence-electron chi connectivity index (χ3n) is 2.69. The molecule has 0 spiro atoms. The van der Waals surface area contributed by atoms with Gasteiger partial charge in [-0.05, 0) is 25.7 Å². The van der Waals surface area contributed by atoms with Gasteiger partial charge in [0.15, 0.2) is 0 Å². The zero-order valence-corrected chi connectivity index (χ0v) is 9.95. The van der Waals surface area contributed by atoms with Gasteiger partial charge in [-0.2, -0.15) is 5.10 Å². The van der Waals surface area contributed by atoms with Crippen LogP contribution in [0.15, 0.2) is 6.07 Å². The lowest BCUT2D eigenvalue weighted by Gasteiger charge is -2.09. The van der Waals surface area contributed by atoms with Crippen molar-refractivity contribution in [2.24, 2.45) is 5.92 Å². The summed E-state index contributed by atoms with van der Waals surface area (Å²) in [6, 6.07) is 2.23. The Morgan fingerprint density at radius 2 is 2.27 bits per heavy atom. The molecule has 1 aromatic rings. The Hall–Kier alpha value is -0.990. The Kier molecular flexibility index (Phi) is 2.98. The molecule has 1 aromatic heterocycles. The SMILES string of the molecule is CCNc1cc(C2CC2)nn1CC(C)C. The fourth-order valence-electron chi connectivity index (χ4n) is 1.82. The van der Waals surface area contributed by atoms with Gasteiger partial charge in [0, 0.05) is 25.1 Å². The van der Waals surface area contributed by atoms with E-state index in [4.69, 9.17) is 0 Å². The summed E-state index contributed by atoms with van der Waals surface area (Å²) in [5, 5.41) is 8.07. The highest BCUT2D eigenvalue weighted by Crippen LogP contribution is 2.40.